The van der Waals surface area contributed by atoms with Crippen LogP contribution in [0.15, 0.2) is 59.1 Å². The maximum atomic E-state index is 11.7. The first-order valence-electron chi connectivity index (χ1n) is 5.08. The van der Waals surface area contributed by atoms with Crippen molar-refractivity contribution in [3.05, 3.63) is 59.1 Å². The van der Waals surface area contributed by atoms with Crippen molar-refractivity contribution in [3.8, 4) is 11.5 Å². The molecule has 1 unspecified atom stereocenters. The van der Waals surface area contributed by atoms with E-state index in [1.807, 2.05) is 0 Å². The lowest BCUT2D eigenvalue weighted by Gasteiger charge is -2.13. The number of benzene rings is 2. The van der Waals surface area contributed by atoms with Crippen molar-refractivity contribution in [1.29, 1.82) is 0 Å². The van der Waals surface area contributed by atoms with Crippen molar-refractivity contribution >= 4 is 23.8 Å². The Kier molecular flexibility index (Phi) is 4.07. The minimum absolute atomic E-state index is 0.264. The van der Waals surface area contributed by atoms with Crippen LogP contribution in [-0.4, -0.2) is 4.89 Å². The molecule has 0 aliphatic heterocycles. The molecule has 2 aromatic rings. The molecular formula is C12H10BrO4P. The molecule has 1 atom stereocenters. The van der Waals surface area contributed by atoms with Crippen molar-refractivity contribution in [1.82, 2.24) is 0 Å². The van der Waals surface area contributed by atoms with Gasteiger partial charge in [-0.05, 0) is 36.4 Å². The van der Waals surface area contributed by atoms with Crippen LogP contribution in [0.3, 0.4) is 0 Å². The molecule has 0 amide bonds. The summed E-state index contributed by atoms with van der Waals surface area (Å²) >= 11 is 3.26. The molecule has 0 saturated heterocycles. The quantitative estimate of drug-likeness (QED) is 0.861. The van der Waals surface area contributed by atoms with Gasteiger partial charge in [0.1, 0.15) is 11.5 Å². The Balaban J connectivity index is 2.08. The van der Waals surface area contributed by atoms with Gasteiger partial charge in [-0.25, -0.2) is 4.57 Å². The summed E-state index contributed by atoms with van der Waals surface area (Å²) in [7, 11) is -4.17. The second-order valence-electron chi connectivity index (χ2n) is 3.42. The van der Waals surface area contributed by atoms with Gasteiger partial charge < -0.3 is 9.05 Å². The topological polar surface area (TPSA) is 55.8 Å². The van der Waals surface area contributed by atoms with E-state index in [1.54, 1.807) is 54.6 Å². The molecule has 2 aromatic carbocycles. The van der Waals surface area contributed by atoms with Gasteiger partial charge in [-0.3, -0.25) is 4.89 Å². The van der Waals surface area contributed by atoms with Crippen LogP contribution in [0.5, 0.6) is 11.5 Å². The fourth-order valence-electron chi connectivity index (χ4n) is 1.26. The summed E-state index contributed by atoms with van der Waals surface area (Å²) in [4.78, 5) is 9.59. The van der Waals surface area contributed by atoms with E-state index in [2.05, 4.69) is 15.9 Å². The van der Waals surface area contributed by atoms with Gasteiger partial charge in [0.15, 0.2) is 0 Å². The van der Waals surface area contributed by atoms with E-state index in [-0.39, 0.29) is 11.5 Å². The fourth-order valence-corrected chi connectivity index (χ4v) is 2.34. The maximum Gasteiger partial charge on any atom is 0.584 e. The zero-order chi connectivity index (χ0) is 13.0. The monoisotopic (exact) mass is 328 g/mol. The van der Waals surface area contributed by atoms with Crippen LogP contribution in [0.4, 0.5) is 0 Å². The molecule has 0 spiro atoms. The summed E-state index contributed by atoms with van der Waals surface area (Å²) in [6.07, 6.45) is 0. The van der Waals surface area contributed by atoms with Crippen LogP contribution in [0.1, 0.15) is 0 Å². The minimum Gasteiger partial charge on any atom is -0.395 e. The average Bonchev–Trinajstić information content (AvgIpc) is 2.32. The molecular weight excluding hydrogens is 319 g/mol. The van der Waals surface area contributed by atoms with Gasteiger partial charge in [0.2, 0.25) is 0 Å². The number of halogens is 1. The summed E-state index contributed by atoms with van der Waals surface area (Å²) in [5, 5.41) is 0. The van der Waals surface area contributed by atoms with Gasteiger partial charge in [0.25, 0.3) is 0 Å². The molecule has 0 aliphatic rings. The summed E-state index contributed by atoms with van der Waals surface area (Å²) in [6.45, 7) is 0. The van der Waals surface area contributed by atoms with Gasteiger partial charge >= 0.3 is 7.82 Å². The fraction of sp³-hybridized carbons (Fsp3) is 0. The van der Waals surface area contributed by atoms with Gasteiger partial charge in [-0.1, -0.05) is 34.1 Å². The van der Waals surface area contributed by atoms with Gasteiger partial charge in [0.05, 0.1) is 0 Å². The van der Waals surface area contributed by atoms with Gasteiger partial charge in [0, 0.05) is 4.47 Å². The first kappa shape index (κ1) is 13.1. The van der Waals surface area contributed by atoms with Crippen LogP contribution in [-0.2, 0) is 4.57 Å². The molecule has 0 radical (unpaired) electrons. The highest BCUT2D eigenvalue weighted by atomic mass is 79.9. The van der Waals surface area contributed by atoms with Crippen LogP contribution >= 0.6 is 23.8 Å². The predicted octanol–water partition coefficient (Wildman–Crippen LogP) is 4.01. The van der Waals surface area contributed by atoms with E-state index in [0.717, 1.165) is 4.47 Å². The zero-order valence-corrected chi connectivity index (χ0v) is 11.7. The van der Waals surface area contributed by atoms with Gasteiger partial charge in [-0.2, -0.15) is 0 Å². The third-order valence-electron chi connectivity index (χ3n) is 2.00. The lowest BCUT2D eigenvalue weighted by Crippen LogP contribution is -1.99. The van der Waals surface area contributed by atoms with Crippen LogP contribution in [0.2, 0.25) is 0 Å². The second kappa shape index (κ2) is 5.57. The Morgan fingerprint density at radius 3 is 1.94 bits per heavy atom. The molecule has 1 N–H and O–H groups in total. The Morgan fingerprint density at radius 2 is 1.39 bits per heavy atom. The summed E-state index contributed by atoms with van der Waals surface area (Å²) in [5.74, 6) is 0.542. The molecule has 0 saturated carbocycles. The molecule has 0 fully saturated rings. The van der Waals surface area contributed by atoms with E-state index in [0.29, 0.717) is 0 Å². The van der Waals surface area contributed by atoms with Crippen molar-refractivity contribution in [2.45, 2.75) is 0 Å². The molecule has 0 bridgehead atoms. The number of hydrogen-bond acceptors (Lipinski definition) is 3. The molecule has 4 nitrogen and oxygen atoms in total. The van der Waals surface area contributed by atoms with Crippen LogP contribution < -0.4 is 9.05 Å². The summed E-state index contributed by atoms with van der Waals surface area (Å²) in [6, 6.07) is 14.9. The van der Waals surface area contributed by atoms with Crippen molar-refractivity contribution < 1.29 is 18.5 Å². The molecule has 6 heteroatoms. The maximum absolute atomic E-state index is 11.7. The van der Waals surface area contributed by atoms with Crippen LogP contribution in [0.25, 0.3) is 0 Å². The standard InChI is InChI=1S/C12H10BrO4P/c13-10-6-8-12(9-7-10)17-18(14,15)16-11-4-2-1-3-5-11/h1-9H,(H,14,15). The summed E-state index contributed by atoms with van der Waals surface area (Å²) in [5.41, 5.74) is 0. The second-order valence-corrected chi connectivity index (χ2v) is 5.64. The molecule has 0 aromatic heterocycles. The number of rotatable bonds is 4. The smallest absolute Gasteiger partial charge is 0.395 e. The largest absolute Gasteiger partial charge is 0.584 e. The highest BCUT2D eigenvalue weighted by molar-refractivity contribution is 9.10. The number of phosphoric acid groups is 1. The Morgan fingerprint density at radius 1 is 0.889 bits per heavy atom. The van der Waals surface area contributed by atoms with Crippen LogP contribution in [0, 0.1) is 0 Å². The first-order chi connectivity index (χ1) is 8.55. The predicted molar refractivity (Wildman–Crippen MR) is 71.7 cm³/mol. The van der Waals surface area contributed by atoms with E-state index >= 15 is 0 Å². The van der Waals surface area contributed by atoms with E-state index in [9.17, 15) is 9.46 Å². The molecule has 2 rings (SSSR count). The molecule has 18 heavy (non-hydrogen) atoms. The third-order valence-corrected chi connectivity index (χ3v) is 3.41. The highest BCUT2D eigenvalue weighted by Gasteiger charge is 2.24. The summed E-state index contributed by atoms with van der Waals surface area (Å²) < 4.78 is 22.4. The SMILES string of the molecule is O=P(O)(Oc1ccccc1)Oc1ccc(Br)cc1. The molecule has 0 heterocycles. The minimum atomic E-state index is -4.17. The van der Waals surface area contributed by atoms with E-state index < -0.39 is 7.82 Å². The Bertz CT molecular complexity index is 556. The van der Waals surface area contributed by atoms with E-state index in [1.165, 1.54) is 0 Å². The molecule has 94 valence electrons. The molecule has 0 aliphatic carbocycles. The lowest BCUT2D eigenvalue weighted by atomic mass is 10.3. The number of hydrogen-bond donors (Lipinski definition) is 1. The van der Waals surface area contributed by atoms with Gasteiger partial charge in [-0.15, -0.1) is 0 Å². The zero-order valence-electron chi connectivity index (χ0n) is 9.19. The number of para-hydroxylation sites is 1. The van der Waals surface area contributed by atoms with Crippen molar-refractivity contribution in [3.63, 3.8) is 0 Å². The first-order valence-corrected chi connectivity index (χ1v) is 7.37. The normalized spacial score (nSPS) is 13.7. The third kappa shape index (κ3) is 3.88. The number of phosphoric ester groups is 1. The van der Waals surface area contributed by atoms with Crippen molar-refractivity contribution in [2.75, 3.05) is 0 Å². The van der Waals surface area contributed by atoms with Crippen molar-refractivity contribution in [2.24, 2.45) is 0 Å². The average molecular weight is 329 g/mol. The van der Waals surface area contributed by atoms with E-state index in [4.69, 9.17) is 9.05 Å². The lowest BCUT2D eigenvalue weighted by molar-refractivity contribution is 0.291. The Hall–Kier alpha value is -1.29. The Labute approximate surface area is 113 Å². The highest BCUT2D eigenvalue weighted by Crippen LogP contribution is 2.44.